The van der Waals surface area contributed by atoms with E-state index in [1.165, 1.54) is 6.07 Å². The predicted molar refractivity (Wildman–Crippen MR) is 236 cm³/mol. The van der Waals surface area contributed by atoms with Crippen molar-refractivity contribution in [3.05, 3.63) is 123 Å². The average molecular weight is 888 g/mol. The molecule has 4 aliphatic rings. The Labute approximate surface area is 368 Å². The second-order valence-corrected chi connectivity index (χ2v) is 20.3. The van der Waals surface area contributed by atoms with E-state index < -0.39 is 38.6 Å². The minimum Gasteiger partial charge on any atom is -0.497 e. The van der Waals surface area contributed by atoms with E-state index in [0.29, 0.717) is 54.6 Å². The Kier molecular flexibility index (Phi) is 12.6. The van der Waals surface area contributed by atoms with Gasteiger partial charge in [-0.15, -0.1) is 0 Å². The summed E-state index contributed by atoms with van der Waals surface area (Å²) in [7, 11) is -0.608. The molecule has 0 saturated heterocycles. The van der Waals surface area contributed by atoms with E-state index in [0.717, 1.165) is 47.9 Å². The number of sulfonamides is 1. The van der Waals surface area contributed by atoms with Crippen LogP contribution in [0.5, 0.6) is 17.2 Å². The summed E-state index contributed by atoms with van der Waals surface area (Å²) in [6.07, 6.45) is 5.70. The number of aliphatic hydroxyl groups is 1. The molecule has 1 aromatic heterocycles. The summed E-state index contributed by atoms with van der Waals surface area (Å²) < 4.78 is 63.0. The first kappa shape index (κ1) is 43.9. The topological polar surface area (TPSA) is 139 Å². The van der Waals surface area contributed by atoms with Gasteiger partial charge >= 0.3 is 5.97 Å². The Hall–Kier alpha value is -4.69. The number of carbonyl (C=O) groups is 1. The maximum atomic E-state index is 15.4. The van der Waals surface area contributed by atoms with Crippen LogP contribution in [0, 0.1) is 29.5 Å². The third-order valence-electron chi connectivity index (χ3n) is 14.1. The van der Waals surface area contributed by atoms with Crippen LogP contribution in [-0.2, 0) is 34.9 Å². The molecule has 4 aromatic rings. The fourth-order valence-corrected chi connectivity index (χ4v) is 12.0. The molecule has 1 fully saturated rings. The second kappa shape index (κ2) is 17.8. The van der Waals surface area contributed by atoms with E-state index in [-0.39, 0.29) is 54.1 Å². The zero-order valence-electron chi connectivity index (χ0n) is 35.6. The number of aliphatic hydroxyl groups excluding tert-OH is 1. The van der Waals surface area contributed by atoms with E-state index in [9.17, 15) is 23.4 Å². The number of halogens is 2. The molecule has 3 aliphatic carbocycles. The van der Waals surface area contributed by atoms with Gasteiger partial charge in [0.15, 0.2) is 17.3 Å². The predicted octanol–water partition coefficient (Wildman–Crippen LogP) is 8.45. The fourth-order valence-electron chi connectivity index (χ4n) is 9.96. The fraction of sp³-hybridized carbons (Fsp3) is 0.458. The highest BCUT2D eigenvalue weighted by Crippen LogP contribution is 2.49. The molecular formula is C48H55ClFN3O8S. The van der Waals surface area contributed by atoms with E-state index in [1.54, 1.807) is 37.6 Å². The molecule has 14 heteroatoms. The molecule has 0 bridgehead atoms. The SMILES string of the molecule is COc1ccc(CN(Cc2ccc(OC)cc2)S(=O)(=O)C(C)C(C)[C@H]2C=C(C(O)[C@@H]3CC[C@H]3CN3C[C@@]4(CCCc5c4ccc(Cl)c5F)COc4ccc(C(=O)O)nc43)C2)cc1. The van der Waals surface area contributed by atoms with Gasteiger partial charge < -0.3 is 29.3 Å². The number of ether oxygens (including phenoxy) is 3. The molecule has 3 aromatic carbocycles. The number of aromatic nitrogens is 1. The Balaban J connectivity index is 0.983. The zero-order chi connectivity index (χ0) is 43.9. The number of allylic oxidation sites excluding steroid dienone is 1. The summed E-state index contributed by atoms with van der Waals surface area (Å²) >= 11 is 6.24. The van der Waals surface area contributed by atoms with Crippen LogP contribution in [0.2, 0.25) is 5.02 Å². The van der Waals surface area contributed by atoms with Crippen molar-refractivity contribution in [1.29, 1.82) is 0 Å². The molecule has 0 amide bonds. The number of pyridine rings is 1. The van der Waals surface area contributed by atoms with Gasteiger partial charge in [-0.05, 0) is 139 Å². The number of carboxylic acids is 1. The van der Waals surface area contributed by atoms with E-state index >= 15 is 4.39 Å². The number of hydrogen-bond acceptors (Lipinski definition) is 9. The molecule has 1 aliphatic heterocycles. The van der Waals surface area contributed by atoms with Gasteiger partial charge in [0.25, 0.3) is 0 Å². The number of benzene rings is 3. The van der Waals surface area contributed by atoms with Crippen LogP contribution in [0.15, 0.2) is 84.4 Å². The molecule has 330 valence electrons. The highest BCUT2D eigenvalue weighted by molar-refractivity contribution is 7.89. The third kappa shape index (κ3) is 8.53. The highest BCUT2D eigenvalue weighted by atomic mass is 35.5. The van der Waals surface area contributed by atoms with Crippen molar-refractivity contribution in [2.24, 2.45) is 23.7 Å². The molecule has 3 unspecified atom stereocenters. The first-order valence-electron chi connectivity index (χ1n) is 21.4. The molecule has 0 radical (unpaired) electrons. The average Bonchev–Trinajstić information content (AvgIpc) is 3.39. The Morgan fingerprint density at radius 1 is 1.00 bits per heavy atom. The van der Waals surface area contributed by atoms with Crippen LogP contribution < -0.4 is 19.1 Å². The summed E-state index contributed by atoms with van der Waals surface area (Å²) in [6, 6.07) is 21.4. The number of rotatable bonds is 15. The monoisotopic (exact) mass is 887 g/mol. The number of nitrogens with zero attached hydrogens (tertiary/aromatic N) is 3. The number of methoxy groups -OCH3 is 2. The molecule has 62 heavy (non-hydrogen) atoms. The van der Waals surface area contributed by atoms with Gasteiger partial charge in [0, 0.05) is 31.6 Å². The van der Waals surface area contributed by atoms with Crippen LogP contribution >= 0.6 is 11.6 Å². The van der Waals surface area contributed by atoms with Crippen LogP contribution in [0.25, 0.3) is 0 Å². The van der Waals surface area contributed by atoms with Crippen molar-refractivity contribution in [2.75, 3.05) is 38.8 Å². The van der Waals surface area contributed by atoms with Crippen LogP contribution in [-0.4, -0.2) is 79.2 Å². The first-order valence-corrected chi connectivity index (χ1v) is 23.3. The van der Waals surface area contributed by atoms with Gasteiger partial charge in [-0.25, -0.2) is 22.6 Å². The summed E-state index contributed by atoms with van der Waals surface area (Å²) in [5, 5.41) is 21.1. The Morgan fingerprint density at radius 2 is 1.65 bits per heavy atom. The molecular weight excluding hydrogens is 833 g/mol. The lowest BCUT2D eigenvalue weighted by molar-refractivity contribution is 0.0308. The van der Waals surface area contributed by atoms with Crippen LogP contribution in [0.1, 0.15) is 78.7 Å². The third-order valence-corrected chi connectivity index (χ3v) is 16.7. The summed E-state index contributed by atoms with van der Waals surface area (Å²) in [5.41, 5.74) is 3.38. The number of fused-ring (bicyclic) bond motifs is 3. The van der Waals surface area contributed by atoms with E-state index in [4.69, 9.17) is 25.8 Å². The van der Waals surface area contributed by atoms with Gasteiger partial charge in [-0.3, -0.25) is 0 Å². The van der Waals surface area contributed by atoms with E-state index in [1.807, 2.05) is 61.5 Å². The lowest BCUT2D eigenvalue weighted by atomic mass is 9.64. The van der Waals surface area contributed by atoms with Gasteiger partial charge in [0.2, 0.25) is 10.0 Å². The summed E-state index contributed by atoms with van der Waals surface area (Å²) in [4.78, 5) is 18.8. The zero-order valence-corrected chi connectivity index (χ0v) is 37.2. The van der Waals surface area contributed by atoms with Gasteiger partial charge in [0.1, 0.15) is 17.3 Å². The molecule has 1 saturated carbocycles. The molecule has 11 nitrogen and oxygen atoms in total. The normalized spacial score (nSPS) is 23.4. The molecule has 1 spiro atoms. The number of aromatic carboxylic acids is 1. The number of hydrogen-bond donors (Lipinski definition) is 2. The van der Waals surface area contributed by atoms with Crippen molar-refractivity contribution in [2.45, 2.75) is 82.2 Å². The molecule has 2 N–H and O–H groups in total. The van der Waals surface area contributed by atoms with E-state index in [2.05, 4.69) is 16.0 Å². The van der Waals surface area contributed by atoms with Gasteiger partial charge in [-0.1, -0.05) is 54.9 Å². The lowest BCUT2D eigenvalue weighted by Gasteiger charge is -2.47. The Bertz CT molecular complexity index is 2380. The van der Waals surface area contributed by atoms with Gasteiger partial charge in [-0.2, -0.15) is 4.31 Å². The van der Waals surface area contributed by atoms with Crippen molar-refractivity contribution in [3.8, 4) is 17.2 Å². The largest absolute Gasteiger partial charge is 0.497 e. The standard InChI is InChI=1S/C48H55ClFN3O8S/c1-29(30(2)62(57,58)53(24-31-7-12-36(59-3)13-8-31)25-32-9-14-37(60-4)15-10-32)34-22-35(23-34)45(54)38-16-11-33(38)26-52-27-48(21-5-6-39-40(48)17-18-41(49)44(39)50)28-61-43-20-19-42(47(55)56)51-46(43)52/h7-10,12-15,17-20,22,29-30,33-34,38,45,54H,5-6,11,16,21,23-28H2,1-4H3,(H,55,56)/t29?,30?,33-,34-,38+,45?,48-/m0/s1. The minimum atomic E-state index is -3.80. The molecule has 2 heterocycles. The summed E-state index contributed by atoms with van der Waals surface area (Å²) in [6.45, 7) is 5.37. The van der Waals surface area contributed by atoms with Crippen LogP contribution in [0.3, 0.4) is 0 Å². The second-order valence-electron chi connectivity index (χ2n) is 17.6. The maximum Gasteiger partial charge on any atom is 0.354 e. The summed E-state index contributed by atoms with van der Waals surface area (Å²) in [5.74, 6) is 0.506. The van der Waals surface area contributed by atoms with Crippen LogP contribution in [0.4, 0.5) is 10.2 Å². The van der Waals surface area contributed by atoms with Crippen molar-refractivity contribution in [1.82, 2.24) is 9.29 Å². The molecule has 8 rings (SSSR count). The van der Waals surface area contributed by atoms with Crippen molar-refractivity contribution in [3.63, 3.8) is 0 Å². The number of carboxylic acid groups (broad SMARTS) is 1. The highest BCUT2D eigenvalue weighted by Gasteiger charge is 2.47. The minimum absolute atomic E-state index is 0.0276. The first-order chi connectivity index (χ1) is 29.7. The molecule has 7 atom stereocenters. The maximum absolute atomic E-state index is 15.4. The quantitative estimate of drug-likeness (QED) is 0.112. The lowest BCUT2D eigenvalue weighted by Crippen LogP contribution is -2.50. The van der Waals surface area contributed by atoms with Crippen molar-refractivity contribution < 1.29 is 42.0 Å². The smallest absolute Gasteiger partial charge is 0.354 e. The number of anilines is 1. The van der Waals surface area contributed by atoms with Gasteiger partial charge in [0.05, 0.1) is 37.2 Å². The Morgan fingerprint density at radius 3 is 2.23 bits per heavy atom. The van der Waals surface area contributed by atoms with Crippen molar-refractivity contribution >= 4 is 33.4 Å².